The quantitative estimate of drug-likeness (QED) is 0.592. The van der Waals surface area contributed by atoms with E-state index in [-0.39, 0.29) is 34.2 Å². The third-order valence-electron chi connectivity index (χ3n) is 8.30. The van der Waals surface area contributed by atoms with Crippen LogP contribution in [0, 0.1) is 34.0 Å². The zero-order valence-electron chi connectivity index (χ0n) is 14.5. The maximum atomic E-state index is 12.3. The van der Waals surface area contributed by atoms with Gasteiger partial charge in [0.15, 0.2) is 0 Å². The van der Waals surface area contributed by atoms with Crippen LogP contribution in [-0.2, 0) is 9.53 Å². The fraction of sp³-hybridized carbons (Fsp3) is 0.850. The summed E-state index contributed by atoms with van der Waals surface area (Å²) in [6.45, 7) is 9.43. The van der Waals surface area contributed by atoms with Gasteiger partial charge in [-0.15, -0.1) is 6.58 Å². The van der Waals surface area contributed by atoms with Crippen molar-refractivity contribution in [3.05, 3.63) is 12.7 Å². The Morgan fingerprint density at radius 2 is 2.04 bits per heavy atom. The van der Waals surface area contributed by atoms with Crippen molar-refractivity contribution in [3.63, 3.8) is 0 Å². The highest BCUT2D eigenvalue weighted by Crippen LogP contribution is 2.68. The Labute approximate surface area is 139 Å². The van der Waals surface area contributed by atoms with Gasteiger partial charge in [-0.05, 0) is 67.6 Å². The Kier molecular flexibility index (Phi) is 3.30. The van der Waals surface area contributed by atoms with Gasteiger partial charge in [-0.25, -0.2) is 0 Å². The lowest BCUT2D eigenvalue weighted by Crippen LogP contribution is -2.59. The first-order valence-corrected chi connectivity index (χ1v) is 9.31. The molecule has 23 heavy (non-hydrogen) atoms. The van der Waals surface area contributed by atoms with Crippen molar-refractivity contribution in [2.75, 3.05) is 6.61 Å². The van der Waals surface area contributed by atoms with Gasteiger partial charge in [-0.2, -0.15) is 0 Å². The van der Waals surface area contributed by atoms with Gasteiger partial charge in [0.2, 0.25) is 0 Å². The molecule has 3 nitrogen and oxygen atoms in total. The number of fused-ring (bicyclic) bond motifs is 2. The number of ether oxygens (including phenoxy) is 1. The van der Waals surface area contributed by atoms with E-state index in [1.54, 1.807) is 0 Å². The Hall–Kier alpha value is -0.830. The summed E-state index contributed by atoms with van der Waals surface area (Å²) >= 11 is 0. The average Bonchev–Trinajstić information content (AvgIpc) is 2.85. The number of carbonyl (C=O) groups excluding carboxylic acids is 1. The highest BCUT2D eigenvalue weighted by atomic mass is 16.5. The predicted molar refractivity (Wildman–Crippen MR) is 88.6 cm³/mol. The van der Waals surface area contributed by atoms with Crippen molar-refractivity contribution >= 4 is 5.97 Å². The number of carbonyl (C=O) groups is 1. The molecule has 7 atom stereocenters. The molecule has 1 saturated heterocycles. The predicted octanol–water partition coefficient (Wildman–Crippen LogP) is 3.71. The zero-order valence-corrected chi connectivity index (χ0v) is 14.5. The summed E-state index contributed by atoms with van der Waals surface area (Å²) < 4.78 is 5.53. The second kappa shape index (κ2) is 4.84. The fourth-order valence-corrected chi connectivity index (χ4v) is 6.71. The molecule has 0 bridgehead atoms. The number of hydrogen-bond acceptors (Lipinski definition) is 3. The smallest absolute Gasteiger partial charge is 0.309 e. The average molecular weight is 318 g/mol. The van der Waals surface area contributed by atoms with Crippen molar-refractivity contribution in [2.24, 2.45) is 34.0 Å². The largest absolute Gasteiger partial charge is 0.465 e. The molecule has 3 saturated carbocycles. The summed E-state index contributed by atoms with van der Waals surface area (Å²) in [5.74, 6) is 0.976. The molecule has 0 unspecified atom stereocenters. The minimum absolute atomic E-state index is 0.00346. The van der Waals surface area contributed by atoms with Gasteiger partial charge in [0.25, 0.3) is 0 Å². The summed E-state index contributed by atoms with van der Waals surface area (Å²) in [6, 6.07) is 0. The molecule has 4 aliphatic rings. The van der Waals surface area contributed by atoms with Crippen LogP contribution in [-0.4, -0.2) is 23.8 Å². The van der Waals surface area contributed by atoms with Crippen LogP contribution in [0.5, 0.6) is 0 Å². The van der Waals surface area contributed by atoms with Crippen LogP contribution in [0.3, 0.4) is 0 Å². The Balaban J connectivity index is 1.71. The lowest BCUT2D eigenvalue weighted by atomic mass is 9.41. The second-order valence-electron chi connectivity index (χ2n) is 9.37. The molecule has 1 spiro atoms. The molecule has 0 amide bonds. The molecule has 4 fully saturated rings. The molecule has 1 N–H and O–H groups in total. The summed E-state index contributed by atoms with van der Waals surface area (Å²) in [6.07, 6.45) is 9.12. The first kappa shape index (κ1) is 15.7. The highest BCUT2D eigenvalue weighted by Gasteiger charge is 2.66. The fourth-order valence-electron chi connectivity index (χ4n) is 6.71. The lowest BCUT2D eigenvalue weighted by Gasteiger charge is -2.63. The third kappa shape index (κ3) is 2.01. The number of aliphatic hydroxyl groups excluding tert-OH is 1. The number of cyclic esters (lactones) is 1. The van der Waals surface area contributed by atoms with E-state index in [4.69, 9.17) is 4.74 Å². The van der Waals surface area contributed by atoms with Gasteiger partial charge in [-0.1, -0.05) is 19.9 Å². The molecule has 128 valence electrons. The molecule has 0 aromatic rings. The van der Waals surface area contributed by atoms with Gasteiger partial charge >= 0.3 is 5.97 Å². The number of aliphatic hydroxyl groups is 1. The summed E-state index contributed by atoms with van der Waals surface area (Å²) in [4.78, 5) is 12.3. The minimum atomic E-state index is -0.341. The minimum Gasteiger partial charge on any atom is -0.465 e. The van der Waals surface area contributed by atoms with Crippen LogP contribution < -0.4 is 0 Å². The zero-order chi connectivity index (χ0) is 16.5. The summed E-state index contributed by atoms with van der Waals surface area (Å²) in [5.41, 5.74) is 0.487. The van der Waals surface area contributed by atoms with Crippen molar-refractivity contribution in [3.8, 4) is 0 Å². The molecule has 0 aromatic carbocycles. The van der Waals surface area contributed by atoms with Gasteiger partial charge in [0.05, 0.1) is 18.6 Å². The number of rotatable bonds is 1. The van der Waals surface area contributed by atoms with E-state index in [1.807, 2.05) is 0 Å². The van der Waals surface area contributed by atoms with Crippen molar-refractivity contribution < 1.29 is 14.6 Å². The van der Waals surface area contributed by atoms with E-state index < -0.39 is 0 Å². The Morgan fingerprint density at radius 3 is 2.78 bits per heavy atom. The molecular formula is C20H30O3. The van der Waals surface area contributed by atoms with Crippen LogP contribution in [0.25, 0.3) is 0 Å². The molecule has 0 aromatic heterocycles. The van der Waals surface area contributed by atoms with Gasteiger partial charge in [-0.3, -0.25) is 4.79 Å². The topological polar surface area (TPSA) is 46.5 Å². The third-order valence-corrected chi connectivity index (χ3v) is 8.30. The van der Waals surface area contributed by atoms with E-state index in [0.29, 0.717) is 24.9 Å². The Morgan fingerprint density at radius 1 is 1.26 bits per heavy atom. The van der Waals surface area contributed by atoms with Crippen molar-refractivity contribution in [1.29, 1.82) is 0 Å². The van der Waals surface area contributed by atoms with E-state index in [1.165, 1.54) is 25.7 Å². The molecule has 1 heterocycles. The van der Waals surface area contributed by atoms with Crippen molar-refractivity contribution in [1.82, 2.24) is 0 Å². The maximum Gasteiger partial charge on any atom is 0.309 e. The number of allylic oxidation sites excluding steroid dienone is 1. The van der Waals surface area contributed by atoms with E-state index in [9.17, 15) is 9.90 Å². The van der Waals surface area contributed by atoms with Crippen molar-refractivity contribution in [2.45, 2.75) is 64.9 Å². The SMILES string of the molecule is C=C[C@@]1(C)CC[C@@]2(C)[C@@H](CC[C@]34COC(=O)[C@@H]3C[C@H](O)C[C@H]24)C1. The summed E-state index contributed by atoms with van der Waals surface area (Å²) in [5, 5.41) is 10.4. The van der Waals surface area contributed by atoms with Crippen LogP contribution in [0.15, 0.2) is 12.7 Å². The summed E-state index contributed by atoms with van der Waals surface area (Å²) in [7, 11) is 0. The normalized spacial score (nSPS) is 55.3. The first-order chi connectivity index (χ1) is 10.8. The van der Waals surface area contributed by atoms with Crippen LogP contribution >= 0.6 is 0 Å². The molecular weight excluding hydrogens is 288 g/mol. The monoisotopic (exact) mass is 318 g/mol. The van der Waals surface area contributed by atoms with Crippen LogP contribution in [0.4, 0.5) is 0 Å². The van der Waals surface area contributed by atoms with Crippen LogP contribution in [0.1, 0.15) is 58.8 Å². The first-order valence-electron chi connectivity index (χ1n) is 9.31. The highest BCUT2D eigenvalue weighted by molar-refractivity contribution is 5.76. The van der Waals surface area contributed by atoms with E-state index in [0.717, 1.165) is 12.8 Å². The van der Waals surface area contributed by atoms with E-state index in [2.05, 4.69) is 26.5 Å². The molecule has 3 aliphatic carbocycles. The lowest BCUT2D eigenvalue weighted by molar-refractivity contribution is -0.162. The van der Waals surface area contributed by atoms with Gasteiger partial charge < -0.3 is 9.84 Å². The second-order valence-corrected chi connectivity index (χ2v) is 9.37. The molecule has 1 aliphatic heterocycles. The number of hydrogen-bond donors (Lipinski definition) is 1. The maximum absolute atomic E-state index is 12.3. The molecule has 3 heteroatoms. The van der Waals surface area contributed by atoms with Crippen LogP contribution in [0.2, 0.25) is 0 Å². The van der Waals surface area contributed by atoms with E-state index >= 15 is 0 Å². The van der Waals surface area contributed by atoms with Gasteiger partial charge in [0, 0.05) is 5.41 Å². The molecule has 0 radical (unpaired) electrons. The number of esters is 1. The van der Waals surface area contributed by atoms with Gasteiger partial charge in [0.1, 0.15) is 0 Å². The standard InChI is InChI=1S/C20H30O3/c1-4-18(2)7-8-19(3)13(11-18)5-6-20-12-23-17(22)15(20)9-14(21)10-16(19)20/h4,13-16,21H,1,5-12H2,2-3H3/t13-,14-,15-,16+,18-,19-,20-/m0/s1. The molecule has 4 rings (SSSR count). The Bertz CT molecular complexity index is 543.